The molecule has 2 aliphatic carbocycles. The SMILES string of the molecule is O=[S@@](c1nc2n(n1)[C@H](C1C=CC=CC1)C[C@@H]2F)C1CC1. The summed E-state index contributed by atoms with van der Waals surface area (Å²) in [6, 6.07) is -0.00125. The van der Waals surface area contributed by atoms with Crippen LogP contribution < -0.4 is 0 Å². The number of hydrogen-bond donors (Lipinski definition) is 0. The predicted octanol–water partition coefficient (Wildman–Crippen LogP) is 2.64. The van der Waals surface area contributed by atoms with E-state index in [2.05, 4.69) is 22.2 Å². The first-order chi connectivity index (χ1) is 9.74. The highest BCUT2D eigenvalue weighted by Gasteiger charge is 2.40. The molecular weight excluding hydrogens is 277 g/mol. The predicted molar refractivity (Wildman–Crippen MR) is 73.3 cm³/mol. The third-order valence-electron chi connectivity index (χ3n) is 4.20. The highest BCUT2D eigenvalue weighted by Crippen LogP contribution is 2.42. The Hall–Kier alpha value is -1.30. The molecule has 106 valence electrons. The molecule has 0 N–H and O–H groups in total. The van der Waals surface area contributed by atoms with E-state index < -0.39 is 17.0 Å². The van der Waals surface area contributed by atoms with Crippen LogP contribution in [0, 0.1) is 5.92 Å². The van der Waals surface area contributed by atoms with Gasteiger partial charge in [0.15, 0.2) is 12.0 Å². The first-order valence-corrected chi connectivity index (χ1v) is 8.30. The van der Waals surface area contributed by atoms with Gasteiger partial charge in [0.1, 0.15) is 0 Å². The van der Waals surface area contributed by atoms with Crippen molar-refractivity contribution in [3.05, 3.63) is 30.1 Å². The zero-order chi connectivity index (χ0) is 13.7. The van der Waals surface area contributed by atoms with E-state index in [-0.39, 0.29) is 17.2 Å². The van der Waals surface area contributed by atoms with Crippen LogP contribution in [0.3, 0.4) is 0 Å². The second-order valence-corrected chi connectivity index (χ2v) is 7.30. The fourth-order valence-corrected chi connectivity index (χ4v) is 4.16. The summed E-state index contributed by atoms with van der Waals surface area (Å²) >= 11 is 0. The summed E-state index contributed by atoms with van der Waals surface area (Å²) in [5.74, 6) is 0.616. The summed E-state index contributed by atoms with van der Waals surface area (Å²) in [6.45, 7) is 0. The summed E-state index contributed by atoms with van der Waals surface area (Å²) in [5, 5.41) is 4.88. The van der Waals surface area contributed by atoms with Crippen molar-refractivity contribution in [2.75, 3.05) is 0 Å². The van der Waals surface area contributed by atoms with Crippen LogP contribution in [0.1, 0.15) is 43.7 Å². The zero-order valence-corrected chi connectivity index (χ0v) is 11.8. The molecule has 0 saturated heterocycles. The zero-order valence-electron chi connectivity index (χ0n) is 11.0. The number of rotatable bonds is 3. The van der Waals surface area contributed by atoms with Crippen LogP contribution in [-0.4, -0.2) is 24.2 Å². The van der Waals surface area contributed by atoms with Gasteiger partial charge in [-0.05, 0) is 19.3 Å². The highest BCUT2D eigenvalue weighted by atomic mass is 32.2. The molecule has 4 rings (SSSR count). The van der Waals surface area contributed by atoms with Gasteiger partial charge in [0, 0.05) is 17.6 Å². The summed E-state index contributed by atoms with van der Waals surface area (Å²) in [4.78, 5) is 4.21. The lowest BCUT2D eigenvalue weighted by molar-refractivity contribution is 0.289. The Bertz CT molecular complexity index is 620. The van der Waals surface area contributed by atoms with Crippen molar-refractivity contribution in [2.24, 2.45) is 5.92 Å². The maximum Gasteiger partial charge on any atom is 0.239 e. The summed E-state index contributed by atoms with van der Waals surface area (Å²) in [6.07, 6.45) is 10.4. The number of allylic oxidation sites excluding steroid dienone is 4. The van der Waals surface area contributed by atoms with E-state index >= 15 is 0 Å². The van der Waals surface area contributed by atoms with E-state index in [9.17, 15) is 8.60 Å². The maximum absolute atomic E-state index is 14.2. The Balaban J connectivity index is 1.65. The van der Waals surface area contributed by atoms with E-state index in [0.717, 1.165) is 19.3 Å². The average molecular weight is 293 g/mol. The minimum atomic E-state index is -1.16. The molecule has 4 nitrogen and oxygen atoms in total. The molecule has 1 saturated carbocycles. The van der Waals surface area contributed by atoms with E-state index in [1.165, 1.54) is 0 Å². The molecule has 0 bridgehead atoms. The topological polar surface area (TPSA) is 47.8 Å². The van der Waals surface area contributed by atoms with Gasteiger partial charge < -0.3 is 0 Å². The van der Waals surface area contributed by atoms with Gasteiger partial charge in [0.25, 0.3) is 0 Å². The normalized spacial score (nSPS) is 33.4. The van der Waals surface area contributed by atoms with Gasteiger partial charge in [-0.1, -0.05) is 24.3 Å². The molecule has 0 spiro atoms. The quantitative estimate of drug-likeness (QED) is 0.860. The molecule has 0 aromatic carbocycles. The third kappa shape index (κ3) is 1.97. The van der Waals surface area contributed by atoms with Gasteiger partial charge in [-0.3, -0.25) is 4.21 Å². The molecule has 1 unspecified atom stereocenters. The number of nitrogens with zero attached hydrogens (tertiary/aromatic N) is 3. The Morgan fingerprint density at radius 1 is 1.35 bits per heavy atom. The molecule has 1 aromatic rings. The van der Waals surface area contributed by atoms with Gasteiger partial charge in [-0.2, -0.15) is 0 Å². The van der Waals surface area contributed by atoms with Gasteiger partial charge in [-0.15, -0.1) is 5.10 Å². The van der Waals surface area contributed by atoms with Crippen molar-refractivity contribution in [1.29, 1.82) is 0 Å². The molecule has 1 fully saturated rings. The summed E-state index contributed by atoms with van der Waals surface area (Å²) < 4.78 is 28.0. The Kier molecular flexibility index (Phi) is 2.87. The van der Waals surface area contributed by atoms with Crippen LogP contribution in [-0.2, 0) is 10.8 Å². The van der Waals surface area contributed by atoms with Gasteiger partial charge >= 0.3 is 0 Å². The number of aromatic nitrogens is 3. The molecule has 0 amide bonds. The Labute approximate surface area is 119 Å². The average Bonchev–Trinajstić information content (AvgIpc) is 3.15. The smallest absolute Gasteiger partial charge is 0.239 e. The number of halogens is 1. The second-order valence-electron chi connectivity index (χ2n) is 5.68. The van der Waals surface area contributed by atoms with Crippen LogP contribution >= 0.6 is 0 Å². The van der Waals surface area contributed by atoms with Gasteiger partial charge in [0.2, 0.25) is 5.16 Å². The molecule has 6 heteroatoms. The molecular formula is C14H16FN3OS. The monoisotopic (exact) mass is 293 g/mol. The van der Waals surface area contributed by atoms with Crippen LogP contribution in [0.5, 0.6) is 0 Å². The van der Waals surface area contributed by atoms with Crippen molar-refractivity contribution in [2.45, 2.75) is 48.3 Å². The van der Waals surface area contributed by atoms with E-state index in [1.54, 1.807) is 4.68 Å². The lowest BCUT2D eigenvalue weighted by atomic mass is 9.91. The van der Waals surface area contributed by atoms with Crippen molar-refractivity contribution >= 4 is 10.8 Å². The minimum Gasteiger partial charge on any atom is -0.251 e. The summed E-state index contributed by atoms with van der Waals surface area (Å²) in [5.41, 5.74) is 0. The van der Waals surface area contributed by atoms with E-state index in [4.69, 9.17) is 0 Å². The van der Waals surface area contributed by atoms with Crippen molar-refractivity contribution in [3.8, 4) is 0 Å². The fourth-order valence-electron chi connectivity index (χ4n) is 2.95. The number of alkyl halides is 1. The van der Waals surface area contributed by atoms with E-state index in [0.29, 0.717) is 17.4 Å². The first kappa shape index (κ1) is 12.4. The number of hydrogen-bond acceptors (Lipinski definition) is 3. The van der Waals surface area contributed by atoms with Gasteiger partial charge in [0.05, 0.1) is 16.8 Å². The molecule has 4 atom stereocenters. The molecule has 3 aliphatic rings. The fraction of sp³-hybridized carbons (Fsp3) is 0.571. The lowest BCUT2D eigenvalue weighted by Crippen LogP contribution is -2.16. The first-order valence-electron chi connectivity index (χ1n) is 7.08. The van der Waals surface area contributed by atoms with Crippen LogP contribution in [0.2, 0.25) is 0 Å². The molecule has 2 heterocycles. The molecule has 1 aliphatic heterocycles. The van der Waals surface area contributed by atoms with Crippen molar-refractivity contribution in [1.82, 2.24) is 14.8 Å². The highest BCUT2D eigenvalue weighted by molar-refractivity contribution is 7.85. The van der Waals surface area contributed by atoms with Crippen LogP contribution in [0.4, 0.5) is 4.39 Å². The van der Waals surface area contributed by atoms with Crippen molar-refractivity contribution in [3.63, 3.8) is 0 Å². The van der Waals surface area contributed by atoms with Crippen LogP contribution in [0.25, 0.3) is 0 Å². The minimum absolute atomic E-state index is 0.00125. The molecule has 0 radical (unpaired) electrons. The third-order valence-corrected chi connectivity index (χ3v) is 5.81. The molecule has 20 heavy (non-hydrogen) atoms. The molecule has 1 aromatic heterocycles. The maximum atomic E-state index is 14.2. The second kappa shape index (κ2) is 4.62. The number of fused-ring (bicyclic) bond motifs is 1. The standard InChI is InChI=1S/C14H16FN3OS/c15-11-8-12(9-4-2-1-3-5-9)18-13(11)16-14(17-18)20(19)10-6-7-10/h1-4,9-12H,5-8H2/t9?,11-,12-,20+/m0/s1. The van der Waals surface area contributed by atoms with E-state index in [1.807, 2.05) is 12.2 Å². The van der Waals surface area contributed by atoms with Crippen LogP contribution in [0.15, 0.2) is 29.5 Å². The Morgan fingerprint density at radius 3 is 2.90 bits per heavy atom. The van der Waals surface area contributed by atoms with Crippen molar-refractivity contribution < 1.29 is 8.60 Å². The Morgan fingerprint density at radius 2 is 2.20 bits per heavy atom. The summed E-state index contributed by atoms with van der Waals surface area (Å²) in [7, 11) is -1.16. The largest absolute Gasteiger partial charge is 0.251 e. The lowest BCUT2D eigenvalue weighted by Gasteiger charge is -2.21. The van der Waals surface area contributed by atoms with Gasteiger partial charge in [-0.25, -0.2) is 14.1 Å².